The van der Waals surface area contributed by atoms with Gasteiger partial charge < -0.3 is 19.9 Å². The van der Waals surface area contributed by atoms with Gasteiger partial charge >= 0.3 is 0 Å². The summed E-state index contributed by atoms with van der Waals surface area (Å²) in [7, 11) is 0. The van der Waals surface area contributed by atoms with Gasteiger partial charge in [0.2, 0.25) is 5.91 Å². The quantitative estimate of drug-likeness (QED) is 0.460. The molecule has 1 aromatic heterocycles. The lowest BCUT2D eigenvalue weighted by atomic mass is 9.57. The van der Waals surface area contributed by atoms with Crippen molar-refractivity contribution in [1.29, 1.82) is 5.26 Å². The van der Waals surface area contributed by atoms with Crippen molar-refractivity contribution < 1.29 is 13.9 Å². The highest BCUT2D eigenvalue weighted by Gasteiger charge is 2.53. The molecule has 6 rings (SSSR count). The first-order valence-electron chi connectivity index (χ1n) is 15.5. The molecule has 1 aromatic carbocycles. The number of carbonyl (C=O) groups is 1. The van der Waals surface area contributed by atoms with Gasteiger partial charge in [0.1, 0.15) is 11.9 Å². The number of nitriles is 1. The van der Waals surface area contributed by atoms with Gasteiger partial charge in [-0.2, -0.15) is 10.5 Å². The van der Waals surface area contributed by atoms with Crippen molar-refractivity contribution in [2.24, 2.45) is 17.8 Å². The minimum Gasteiger partial charge on any atom is -0.378 e. The smallest absolute Gasteiger partial charge is 0.225 e. The number of aromatic nitrogens is 4. The van der Waals surface area contributed by atoms with Gasteiger partial charge in [-0.25, -0.2) is 4.39 Å². The van der Waals surface area contributed by atoms with Crippen molar-refractivity contribution in [3.8, 4) is 6.07 Å². The van der Waals surface area contributed by atoms with Crippen LogP contribution < -0.4 is 5.32 Å². The summed E-state index contributed by atoms with van der Waals surface area (Å²) in [6.07, 6.45) is 6.70. The number of ether oxygens (including phenoxy) is 1. The highest BCUT2D eigenvalue weighted by Crippen LogP contribution is 2.54. The number of hydrogen-bond acceptors (Lipinski definition) is 8. The van der Waals surface area contributed by atoms with Crippen LogP contribution in [0.3, 0.4) is 0 Å². The average molecular weight is 577 g/mol. The van der Waals surface area contributed by atoms with E-state index in [1.807, 2.05) is 11.0 Å². The molecule has 2 saturated heterocycles. The SMILES string of the molecule is C=C(CNCCC1(c2nn[nH]n2)c2ccc(F)cc2CCC2CC(C(=O)N3CCOCC3)CCC21)N1CCCC1C#N. The molecule has 5 unspecified atom stereocenters. The van der Waals surface area contributed by atoms with Gasteiger partial charge in [0.15, 0.2) is 5.82 Å². The van der Waals surface area contributed by atoms with Crippen LogP contribution in [0.4, 0.5) is 4.39 Å². The average Bonchev–Trinajstić information content (AvgIpc) is 3.72. The molecule has 3 fully saturated rings. The fourth-order valence-electron chi connectivity index (χ4n) is 8.21. The number of halogens is 1. The summed E-state index contributed by atoms with van der Waals surface area (Å²) in [6.45, 7) is 8.88. The predicted molar refractivity (Wildman–Crippen MR) is 153 cm³/mol. The third-order valence-corrected chi connectivity index (χ3v) is 10.2. The van der Waals surface area contributed by atoms with E-state index in [0.29, 0.717) is 51.6 Å². The Kier molecular flexibility index (Phi) is 8.54. The van der Waals surface area contributed by atoms with E-state index in [1.54, 1.807) is 12.1 Å². The molecule has 11 heteroatoms. The lowest BCUT2D eigenvalue weighted by molar-refractivity contribution is -0.142. The number of nitrogens with zero attached hydrogens (tertiary/aromatic N) is 6. The lowest BCUT2D eigenvalue weighted by Crippen LogP contribution is -2.49. The first-order valence-corrected chi connectivity index (χ1v) is 15.5. The largest absolute Gasteiger partial charge is 0.378 e. The number of amides is 1. The van der Waals surface area contributed by atoms with Crippen molar-refractivity contribution in [2.45, 2.75) is 62.8 Å². The van der Waals surface area contributed by atoms with E-state index < -0.39 is 5.41 Å². The molecule has 2 aromatic rings. The molecule has 2 N–H and O–H groups in total. The Morgan fingerprint density at radius 1 is 1.24 bits per heavy atom. The van der Waals surface area contributed by atoms with Crippen LogP contribution in [0.1, 0.15) is 61.9 Å². The van der Waals surface area contributed by atoms with Crippen LogP contribution in [-0.4, -0.2) is 88.3 Å². The van der Waals surface area contributed by atoms with Crippen molar-refractivity contribution in [1.82, 2.24) is 35.7 Å². The second-order valence-electron chi connectivity index (χ2n) is 12.3. The zero-order valence-corrected chi connectivity index (χ0v) is 24.2. The van der Waals surface area contributed by atoms with Crippen LogP contribution in [0.2, 0.25) is 0 Å². The molecule has 0 radical (unpaired) electrons. The van der Waals surface area contributed by atoms with Crippen LogP contribution in [-0.2, 0) is 21.4 Å². The first kappa shape index (κ1) is 28.7. The van der Waals surface area contributed by atoms with Gasteiger partial charge in [0, 0.05) is 37.8 Å². The van der Waals surface area contributed by atoms with E-state index in [2.05, 4.69) is 43.5 Å². The molecule has 0 bridgehead atoms. The summed E-state index contributed by atoms with van der Waals surface area (Å²) in [4.78, 5) is 17.6. The molecule has 10 nitrogen and oxygen atoms in total. The zero-order chi connectivity index (χ0) is 29.1. The number of H-pyrrole nitrogens is 1. The zero-order valence-electron chi connectivity index (χ0n) is 24.2. The van der Waals surface area contributed by atoms with E-state index in [1.165, 1.54) is 0 Å². The van der Waals surface area contributed by atoms with Crippen LogP contribution in [0.25, 0.3) is 0 Å². The molecule has 2 aliphatic carbocycles. The summed E-state index contributed by atoms with van der Waals surface area (Å²) >= 11 is 0. The number of rotatable bonds is 8. The maximum absolute atomic E-state index is 14.6. The maximum atomic E-state index is 14.6. The van der Waals surface area contributed by atoms with E-state index in [9.17, 15) is 14.4 Å². The van der Waals surface area contributed by atoms with Crippen LogP contribution >= 0.6 is 0 Å². The molecule has 3 heterocycles. The molecule has 1 amide bonds. The molecule has 1 saturated carbocycles. The van der Waals surface area contributed by atoms with Crippen molar-refractivity contribution >= 4 is 5.91 Å². The summed E-state index contributed by atoms with van der Waals surface area (Å²) in [5.74, 6) is 1.07. The standard InChI is InChI=1S/C31H41FN8O2/c1-21(40-12-2-3-26(40)19-33)20-34-11-10-31(30-35-37-38-36-30)27-8-6-24(29(41)39-13-15-42-16-14-39)17-22(27)4-5-23-18-25(32)7-9-28(23)31/h7,9,18,22,24,26-27,34H,1-6,8,10-17,20H2,(H,35,36,37,38). The lowest BCUT2D eigenvalue weighted by Gasteiger charge is -2.46. The molecule has 5 atom stereocenters. The summed E-state index contributed by atoms with van der Waals surface area (Å²) in [6, 6.07) is 7.43. The Labute approximate surface area is 246 Å². The summed E-state index contributed by atoms with van der Waals surface area (Å²) in [5.41, 5.74) is 2.40. The maximum Gasteiger partial charge on any atom is 0.225 e. The normalized spacial score (nSPS) is 29.3. The Bertz CT molecular complexity index is 1310. The molecule has 224 valence electrons. The van der Waals surface area contributed by atoms with E-state index >= 15 is 0 Å². The minimum atomic E-state index is -0.582. The van der Waals surface area contributed by atoms with Crippen molar-refractivity contribution in [3.05, 3.63) is 53.2 Å². The van der Waals surface area contributed by atoms with E-state index in [4.69, 9.17) is 4.74 Å². The van der Waals surface area contributed by atoms with E-state index in [0.717, 1.165) is 68.3 Å². The Morgan fingerprint density at radius 2 is 2.10 bits per heavy atom. The minimum absolute atomic E-state index is 0.0137. The number of hydrogen-bond donors (Lipinski definition) is 2. The third-order valence-electron chi connectivity index (χ3n) is 10.2. The van der Waals surface area contributed by atoms with Gasteiger partial charge in [-0.15, -0.1) is 10.2 Å². The number of morpholine rings is 1. The number of nitrogens with one attached hydrogen (secondary N) is 2. The van der Waals surface area contributed by atoms with Crippen molar-refractivity contribution in [2.75, 3.05) is 45.9 Å². The van der Waals surface area contributed by atoms with Crippen LogP contribution in [0.5, 0.6) is 0 Å². The van der Waals surface area contributed by atoms with Gasteiger partial charge in [0.05, 0.1) is 24.7 Å². The van der Waals surface area contributed by atoms with Crippen LogP contribution in [0, 0.1) is 34.9 Å². The van der Waals surface area contributed by atoms with Crippen molar-refractivity contribution in [3.63, 3.8) is 0 Å². The monoisotopic (exact) mass is 576 g/mol. The van der Waals surface area contributed by atoms with Crippen LogP contribution in [0.15, 0.2) is 30.5 Å². The summed E-state index contributed by atoms with van der Waals surface area (Å²) < 4.78 is 20.1. The van der Waals surface area contributed by atoms with Gasteiger partial charge in [-0.3, -0.25) is 4.79 Å². The third kappa shape index (κ3) is 5.42. The number of fused-ring (bicyclic) bond motifs is 2. The number of likely N-dealkylation sites (tertiary alicyclic amines) is 1. The molecule has 42 heavy (non-hydrogen) atoms. The number of aryl methyl sites for hydroxylation is 1. The molecule has 4 aliphatic rings. The van der Waals surface area contributed by atoms with E-state index in [-0.39, 0.29) is 35.5 Å². The first-order chi connectivity index (χ1) is 20.5. The Morgan fingerprint density at radius 3 is 2.88 bits per heavy atom. The Balaban J connectivity index is 1.27. The fourth-order valence-corrected chi connectivity index (χ4v) is 8.21. The number of aromatic amines is 1. The highest BCUT2D eigenvalue weighted by molar-refractivity contribution is 5.79. The van der Waals surface area contributed by atoms with Gasteiger partial charge in [-0.1, -0.05) is 17.9 Å². The molecular formula is C31H41FN8O2. The second-order valence-corrected chi connectivity index (χ2v) is 12.3. The van der Waals surface area contributed by atoms with Gasteiger partial charge in [-0.05, 0) is 93.0 Å². The number of benzene rings is 1. The topological polar surface area (TPSA) is 123 Å². The number of carbonyl (C=O) groups excluding carboxylic acids is 1. The predicted octanol–water partition coefficient (Wildman–Crippen LogP) is 2.94. The second kappa shape index (κ2) is 12.5. The summed E-state index contributed by atoms with van der Waals surface area (Å²) in [5, 5.41) is 28.9. The molecule has 0 spiro atoms. The molecular weight excluding hydrogens is 535 g/mol. The fraction of sp³-hybridized carbons (Fsp3) is 0.645. The Hall–Kier alpha value is -3.36. The van der Waals surface area contributed by atoms with Gasteiger partial charge in [0.25, 0.3) is 0 Å². The number of tetrazole rings is 1. The molecule has 2 aliphatic heterocycles. The highest BCUT2D eigenvalue weighted by atomic mass is 19.1.